The molecule has 0 saturated heterocycles. The first-order valence-corrected chi connectivity index (χ1v) is 4.90. The summed E-state index contributed by atoms with van der Waals surface area (Å²) in [6, 6.07) is 7.22. The summed E-state index contributed by atoms with van der Waals surface area (Å²) in [5.74, 6) is 0. The zero-order chi connectivity index (χ0) is 9.84. The van der Waals surface area contributed by atoms with Gasteiger partial charge in [0.15, 0.2) is 0 Å². The van der Waals surface area contributed by atoms with E-state index >= 15 is 0 Å². The van der Waals surface area contributed by atoms with E-state index in [1.165, 1.54) is 0 Å². The van der Waals surface area contributed by atoms with E-state index in [4.69, 9.17) is 22.6 Å². The van der Waals surface area contributed by atoms with Crippen molar-refractivity contribution >= 4 is 27.5 Å². The standard InChI is InChI=1S/C9H8BrClN2/c10-7-3-1-2-6(9(7)11)8(13)4-5-12/h1-3,8H,4,13H2/t8-/m0/s1. The van der Waals surface area contributed by atoms with E-state index in [-0.39, 0.29) is 12.5 Å². The highest BCUT2D eigenvalue weighted by atomic mass is 79.9. The molecule has 0 fully saturated rings. The Bertz CT molecular complexity index is 346. The second-order valence-corrected chi connectivity index (χ2v) is 3.84. The first-order valence-electron chi connectivity index (χ1n) is 3.73. The third-order valence-electron chi connectivity index (χ3n) is 1.69. The van der Waals surface area contributed by atoms with Gasteiger partial charge in [-0.15, -0.1) is 0 Å². The SMILES string of the molecule is N#CC[C@H](N)c1cccc(Br)c1Cl. The van der Waals surface area contributed by atoms with Gasteiger partial charge in [0.25, 0.3) is 0 Å². The molecule has 0 unspecified atom stereocenters. The van der Waals surface area contributed by atoms with Crippen molar-refractivity contribution in [3.63, 3.8) is 0 Å². The molecular formula is C9H8BrClN2. The van der Waals surface area contributed by atoms with Crippen molar-refractivity contribution in [2.45, 2.75) is 12.5 Å². The van der Waals surface area contributed by atoms with Crippen molar-refractivity contribution in [1.29, 1.82) is 5.26 Å². The van der Waals surface area contributed by atoms with Crippen LogP contribution in [0.4, 0.5) is 0 Å². The van der Waals surface area contributed by atoms with Gasteiger partial charge in [-0.1, -0.05) is 23.7 Å². The van der Waals surface area contributed by atoms with E-state index in [2.05, 4.69) is 15.9 Å². The highest BCUT2D eigenvalue weighted by Crippen LogP contribution is 2.30. The third kappa shape index (κ3) is 2.44. The molecule has 1 atom stereocenters. The van der Waals surface area contributed by atoms with Gasteiger partial charge in [-0.2, -0.15) is 5.26 Å². The van der Waals surface area contributed by atoms with Gasteiger partial charge in [0.05, 0.1) is 17.5 Å². The van der Waals surface area contributed by atoms with Crippen LogP contribution in [0.1, 0.15) is 18.0 Å². The fraction of sp³-hybridized carbons (Fsp3) is 0.222. The summed E-state index contributed by atoms with van der Waals surface area (Å²) in [7, 11) is 0. The van der Waals surface area contributed by atoms with Crippen LogP contribution >= 0.6 is 27.5 Å². The van der Waals surface area contributed by atoms with Crippen LogP contribution in [0.25, 0.3) is 0 Å². The molecule has 2 nitrogen and oxygen atoms in total. The molecule has 2 N–H and O–H groups in total. The molecule has 0 heterocycles. The highest BCUT2D eigenvalue weighted by molar-refractivity contribution is 9.10. The summed E-state index contributed by atoms with van der Waals surface area (Å²) in [6.45, 7) is 0. The quantitative estimate of drug-likeness (QED) is 0.887. The zero-order valence-corrected chi connectivity index (χ0v) is 9.14. The smallest absolute Gasteiger partial charge is 0.0641 e. The molecule has 0 bridgehead atoms. The molecule has 0 aliphatic heterocycles. The summed E-state index contributed by atoms with van der Waals surface area (Å²) in [6.07, 6.45) is 0.274. The molecule has 0 aliphatic carbocycles. The molecule has 0 saturated carbocycles. The van der Waals surface area contributed by atoms with E-state index in [1.807, 2.05) is 24.3 Å². The fourth-order valence-electron chi connectivity index (χ4n) is 1.02. The van der Waals surface area contributed by atoms with Crippen LogP contribution in [0.15, 0.2) is 22.7 Å². The van der Waals surface area contributed by atoms with Gasteiger partial charge in [0.1, 0.15) is 0 Å². The van der Waals surface area contributed by atoms with Gasteiger partial charge in [0.2, 0.25) is 0 Å². The van der Waals surface area contributed by atoms with Crippen molar-refractivity contribution in [2.75, 3.05) is 0 Å². The number of nitrogens with zero attached hydrogens (tertiary/aromatic N) is 1. The molecule has 0 amide bonds. The Hall–Kier alpha value is -0.560. The minimum Gasteiger partial charge on any atom is -0.323 e. The van der Waals surface area contributed by atoms with Gasteiger partial charge >= 0.3 is 0 Å². The molecule has 4 heteroatoms. The largest absolute Gasteiger partial charge is 0.323 e. The van der Waals surface area contributed by atoms with Gasteiger partial charge in [0, 0.05) is 10.5 Å². The number of halogens is 2. The first kappa shape index (κ1) is 10.5. The molecule has 68 valence electrons. The average molecular weight is 260 g/mol. The lowest BCUT2D eigenvalue weighted by molar-refractivity contribution is 0.748. The van der Waals surface area contributed by atoms with Crippen molar-refractivity contribution < 1.29 is 0 Å². The second kappa shape index (κ2) is 4.61. The lowest BCUT2D eigenvalue weighted by Gasteiger charge is -2.10. The van der Waals surface area contributed by atoms with Crippen LogP contribution in [-0.2, 0) is 0 Å². The van der Waals surface area contributed by atoms with Crippen LogP contribution in [0.2, 0.25) is 5.02 Å². The fourth-order valence-corrected chi connectivity index (χ4v) is 1.66. The molecule has 1 rings (SSSR count). The predicted molar refractivity (Wildman–Crippen MR) is 56.3 cm³/mol. The summed E-state index contributed by atoms with van der Waals surface area (Å²) in [4.78, 5) is 0. The van der Waals surface area contributed by atoms with Crippen molar-refractivity contribution in [3.05, 3.63) is 33.3 Å². The number of rotatable bonds is 2. The molecule has 0 aliphatic rings. The molecule has 13 heavy (non-hydrogen) atoms. The first-order chi connectivity index (χ1) is 6.16. The molecule has 0 spiro atoms. The third-order valence-corrected chi connectivity index (χ3v) is 3.00. The number of nitrogens with two attached hydrogens (primary N) is 1. The molecule has 1 aromatic rings. The number of hydrogen-bond donors (Lipinski definition) is 1. The minimum atomic E-state index is -0.310. The summed E-state index contributed by atoms with van der Waals surface area (Å²) in [5, 5.41) is 9.06. The monoisotopic (exact) mass is 258 g/mol. The van der Waals surface area contributed by atoms with Gasteiger partial charge in [-0.25, -0.2) is 0 Å². The van der Waals surface area contributed by atoms with E-state index in [0.29, 0.717) is 5.02 Å². The Morgan fingerprint density at radius 3 is 2.92 bits per heavy atom. The van der Waals surface area contributed by atoms with E-state index in [1.54, 1.807) is 0 Å². The normalized spacial score (nSPS) is 12.2. The summed E-state index contributed by atoms with van der Waals surface area (Å²) < 4.78 is 0.806. The molecular weight excluding hydrogens is 251 g/mol. The van der Waals surface area contributed by atoms with Gasteiger partial charge < -0.3 is 5.73 Å². The van der Waals surface area contributed by atoms with Gasteiger partial charge in [-0.05, 0) is 27.6 Å². The Morgan fingerprint density at radius 1 is 1.62 bits per heavy atom. The van der Waals surface area contributed by atoms with Crippen LogP contribution < -0.4 is 5.73 Å². The van der Waals surface area contributed by atoms with Crippen molar-refractivity contribution in [3.8, 4) is 6.07 Å². The van der Waals surface area contributed by atoms with Crippen molar-refractivity contribution in [1.82, 2.24) is 0 Å². The van der Waals surface area contributed by atoms with Gasteiger partial charge in [-0.3, -0.25) is 0 Å². The Labute approximate surface area is 90.4 Å². The van der Waals surface area contributed by atoms with Crippen LogP contribution in [0.5, 0.6) is 0 Å². The highest BCUT2D eigenvalue weighted by Gasteiger charge is 2.10. The lowest BCUT2D eigenvalue weighted by atomic mass is 10.1. The van der Waals surface area contributed by atoms with Crippen LogP contribution in [-0.4, -0.2) is 0 Å². The Kier molecular flexibility index (Phi) is 3.73. The molecule has 0 radical (unpaired) electrons. The zero-order valence-electron chi connectivity index (χ0n) is 6.80. The van der Waals surface area contributed by atoms with E-state index in [9.17, 15) is 0 Å². The van der Waals surface area contributed by atoms with Crippen LogP contribution in [0.3, 0.4) is 0 Å². The summed E-state index contributed by atoms with van der Waals surface area (Å²) in [5.41, 5.74) is 6.55. The maximum absolute atomic E-state index is 8.47. The number of nitriles is 1. The van der Waals surface area contributed by atoms with E-state index in [0.717, 1.165) is 10.0 Å². The summed E-state index contributed by atoms with van der Waals surface area (Å²) >= 11 is 9.28. The molecule has 1 aromatic carbocycles. The topological polar surface area (TPSA) is 49.8 Å². The van der Waals surface area contributed by atoms with E-state index < -0.39 is 0 Å². The van der Waals surface area contributed by atoms with Crippen LogP contribution in [0, 0.1) is 11.3 Å². The second-order valence-electron chi connectivity index (χ2n) is 2.61. The number of hydrogen-bond acceptors (Lipinski definition) is 2. The maximum atomic E-state index is 8.47. The van der Waals surface area contributed by atoms with Crippen molar-refractivity contribution in [2.24, 2.45) is 5.73 Å². The average Bonchev–Trinajstić information content (AvgIpc) is 2.10. The Balaban J connectivity index is 3.02. The number of benzene rings is 1. The minimum absolute atomic E-state index is 0.274. The maximum Gasteiger partial charge on any atom is 0.0641 e. The predicted octanol–water partition coefficient (Wildman–Crippen LogP) is 3.02. The lowest BCUT2D eigenvalue weighted by Crippen LogP contribution is -2.09. The molecule has 0 aromatic heterocycles. The Morgan fingerprint density at radius 2 is 2.31 bits per heavy atom.